The predicted octanol–water partition coefficient (Wildman–Crippen LogP) is 3.21. The summed E-state index contributed by atoms with van der Waals surface area (Å²) in [7, 11) is 1.65. The van der Waals surface area contributed by atoms with Gasteiger partial charge in [-0.1, -0.05) is 48.5 Å². The molecule has 3 rings (SSSR count). The van der Waals surface area contributed by atoms with Crippen molar-refractivity contribution in [1.29, 1.82) is 0 Å². The van der Waals surface area contributed by atoms with E-state index in [0.29, 0.717) is 30.2 Å². The number of halogens is 1. The Morgan fingerprint density at radius 1 is 1.11 bits per heavy atom. The van der Waals surface area contributed by atoms with Crippen molar-refractivity contribution in [2.45, 2.75) is 6.04 Å². The molecule has 1 heterocycles. The summed E-state index contributed by atoms with van der Waals surface area (Å²) in [6.07, 6.45) is 0. The third-order valence-corrected chi connectivity index (χ3v) is 5.53. The van der Waals surface area contributed by atoms with E-state index >= 15 is 0 Å². The molecular formula is C21H25ClN2O3S. The Morgan fingerprint density at radius 2 is 1.82 bits per heavy atom. The first-order valence-corrected chi connectivity index (χ1v) is 10.1. The minimum Gasteiger partial charge on any atom is -0.496 e. The number of para-hydroxylation sites is 1. The third-order valence-electron chi connectivity index (χ3n) is 4.62. The zero-order valence-electron chi connectivity index (χ0n) is 15.8. The molecule has 0 radical (unpaired) electrons. The number of amides is 1. The van der Waals surface area contributed by atoms with Crippen molar-refractivity contribution in [2.24, 2.45) is 0 Å². The number of hydrogen-bond acceptors (Lipinski definition) is 5. The number of carbonyl (C=O) groups is 2. The van der Waals surface area contributed by atoms with Crippen LogP contribution in [0.4, 0.5) is 0 Å². The molecule has 1 unspecified atom stereocenters. The fraction of sp³-hybridized carbons (Fsp3) is 0.333. The molecule has 2 aromatic carbocycles. The van der Waals surface area contributed by atoms with E-state index in [1.165, 1.54) is 11.8 Å². The summed E-state index contributed by atoms with van der Waals surface area (Å²) in [4.78, 5) is 26.9. The maximum atomic E-state index is 12.8. The number of Topliss-reactive ketones (excluding diaryl/α,β-unsaturated/α-hetero) is 1. The molecule has 2 aromatic rings. The Morgan fingerprint density at radius 3 is 2.57 bits per heavy atom. The van der Waals surface area contributed by atoms with Crippen molar-refractivity contribution in [1.82, 2.24) is 10.2 Å². The highest BCUT2D eigenvalue weighted by molar-refractivity contribution is 8.00. The van der Waals surface area contributed by atoms with E-state index in [2.05, 4.69) is 5.32 Å². The van der Waals surface area contributed by atoms with E-state index in [9.17, 15) is 9.59 Å². The normalized spacial score (nSPS) is 16.2. The summed E-state index contributed by atoms with van der Waals surface area (Å²) in [5, 5.41) is 3.35. The van der Waals surface area contributed by atoms with Crippen LogP contribution in [0.5, 0.6) is 5.75 Å². The molecule has 0 aliphatic carbocycles. The number of ketones is 1. The van der Waals surface area contributed by atoms with Crippen molar-refractivity contribution in [3.63, 3.8) is 0 Å². The van der Waals surface area contributed by atoms with Gasteiger partial charge in [0, 0.05) is 30.8 Å². The van der Waals surface area contributed by atoms with Gasteiger partial charge in [0.2, 0.25) is 5.91 Å². The Labute approximate surface area is 176 Å². The summed E-state index contributed by atoms with van der Waals surface area (Å²) in [6.45, 7) is 2.11. The molecule has 1 N–H and O–H groups in total. The Bertz CT molecular complexity index is 788. The molecule has 28 heavy (non-hydrogen) atoms. The maximum absolute atomic E-state index is 12.8. The summed E-state index contributed by atoms with van der Waals surface area (Å²) in [5.41, 5.74) is 1.69. The number of thioether (sulfide) groups is 1. The van der Waals surface area contributed by atoms with Gasteiger partial charge in [-0.15, -0.1) is 24.2 Å². The fourth-order valence-corrected chi connectivity index (χ4v) is 4.04. The number of nitrogens with one attached hydrogen (secondary N) is 1. The van der Waals surface area contributed by atoms with Crippen LogP contribution in [-0.4, -0.2) is 54.8 Å². The summed E-state index contributed by atoms with van der Waals surface area (Å²) < 4.78 is 5.47. The number of rotatable bonds is 7. The maximum Gasteiger partial charge on any atom is 0.233 e. The second kappa shape index (κ2) is 11.1. The van der Waals surface area contributed by atoms with Crippen LogP contribution in [0.1, 0.15) is 22.0 Å². The minimum atomic E-state index is -0.0622. The number of nitrogens with zero attached hydrogens (tertiary/aromatic N) is 1. The van der Waals surface area contributed by atoms with Gasteiger partial charge >= 0.3 is 0 Å². The largest absolute Gasteiger partial charge is 0.496 e. The molecule has 5 nitrogen and oxygen atoms in total. The molecule has 1 aliphatic heterocycles. The highest BCUT2D eigenvalue weighted by atomic mass is 35.5. The van der Waals surface area contributed by atoms with E-state index in [4.69, 9.17) is 4.74 Å². The molecule has 0 saturated carbocycles. The molecule has 1 amide bonds. The predicted molar refractivity (Wildman–Crippen MR) is 116 cm³/mol. The standard InChI is InChI=1S/C21H24N2O3S.ClH/c1-26-20-10-6-5-9-17(20)18-13-22-11-12-23(18)21(25)15-27-14-19(24)16-7-3-2-4-8-16;/h2-10,18,22H,11-15H2,1H3;1H. The van der Waals surface area contributed by atoms with Gasteiger partial charge in [-0.2, -0.15) is 0 Å². The van der Waals surface area contributed by atoms with E-state index in [0.717, 1.165) is 17.9 Å². The third kappa shape index (κ3) is 5.50. The second-order valence-electron chi connectivity index (χ2n) is 6.33. The van der Waals surface area contributed by atoms with Crippen molar-refractivity contribution in [2.75, 3.05) is 38.2 Å². The first-order chi connectivity index (χ1) is 13.2. The van der Waals surface area contributed by atoms with Crippen LogP contribution in [0.25, 0.3) is 0 Å². The minimum absolute atomic E-state index is 0. The van der Waals surface area contributed by atoms with Crippen LogP contribution >= 0.6 is 24.2 Å². The number of methoxy groups -OCH3 is 1. The number of piperazine rings is 1. The first-order valence-electron chi connectivity index (χ1n) is 9.00. The average Bonchev–Trinajstić information content (AvgIpc) is 2.74. The van der Waals surface area contributed by atoms with Crippen molar-refractivity contribution in [3.05, 3.63) is 65.7 Å². The number of carbonyl (C=O) groups excluding carboxylic acids is 2. The highest BCUT2D eigenvalue weighted by Crippen LogP contribution is 2.30. The van der Waals surface area contributed by atoms with Gasteiger partial charge in [0.25, 0.3) is 0 Å². The van der Waals surface area contributed by atoms with E-state index in [1.54, 1.807) is 19.2 Å². The van der Waals surface area contributed by atoms with Gasteiger partial charge in [0.05, 0.1) is 24.7 Å². The van der Waals surface area contributed by atoms with Crippen LogP contribution in [0, 0.1) is 0 Å². The van der Waals surface area contributed by atoms with Crippen molar-refractivity contribution >= 4 is 35.9 Å². The lowest BCUT2D eigenvalue weighted by Gasteiger charge is -2.37. The van der Waals surface area contributed by atoms with E-state index < -0.39 is 0 Å². The smallest absolute Gasteiger partial charge is 0.233 e. The summed E-state index contributed by atoms with van der Waals surface area (Å²) >= 11 is 1.37. The summed E-state index contributed by atoms with van der Waals surface area (Å²) in [6, 6.07) is 16.9. The topological polar surface area (TPSA) is 58.6 Å². The molecule has 0 bridgehead atoms. The fourth-order valence-electron chi connectivity index (χ4n) is 3.24. The zero-order valence-corrected chi connectivity index (χ0v) is 17.4. The van der Waals surface area contributed by atoms with Gasteiger partial charge in [-0.3, -0.25) is 9.59 Å². The number of benzene rings is 2. The van der Waals surface area contributed by atoms with Crippen LogP contribution in [-0.2, 0) is 4.79 Å². The van der Waals surface area contributed by atoms with Crippen molar-refractivity contribution < 1.29 is 14.3 Å². The highest BCUT2D eigenvalue weighted by Gasteiger charge is 2.29. The van der Waals surface area contributed by atoms with Gasteiger partial charge < -0.3 is 15.0 Å². The number of hydrogen-bond donors (Lipinski definition) is 1. The van der Waals surface area contributed by atoms with Crippen LogP contribution < -0.4 is 10.1 Å². The lowest BCUT2D eigenvalue weighted by molar-refractivity contribution is -0.131. The monoisotopic (exact) mass is 420 g/mol. The second-order valence-corrected chi connectivity index (χ2v) is 7.32. The Balaban J connectivity index is 0.00000280. The SMILES string of the molecule is COc1ccccc1C1CNCCN1C(=O)CSCC(=O)c1ccccc1.Cl. The average molecular weight is 421 g/mol. The van der Waals surface area contributed by atoms with Gasteiger partial charge in [-0.25, -0.2) is 0 Å². The molecule has 1 saturated heterocycles. The number of ether oxygens (including phenoxy) is 1. The molecule has 1 aliphatic rings. The molecule has 1 atom stereocenters. The van der Waals surface area contributed by atoms with Gasteiger partial charge in [0.1, 0.15) is 5.75 Å². The zero-order chi connectivity index (χ0) is 19.1. The molecule has 0 spiro atoms. The van der Waals surface area contributed by atoms with E-state index in [1.807, 2.05) is 47.4 Å². The lowest BCUT2D eigenvalue weighted by Crippen LogP contribution is -2.49. The molecular weight excluding hydrogens is 396 g/mol. The molecule has 0 aromatic heterocycles. The van der Waals surface area contributed by atoms with Gasteiger partial charge in [-0.05, 0) is 6.07 Å². The Hall–Kier alpha value is -2.02. The van der Waals surface area contributed by atoms with Crippen LogP contribution in [0.3, 0.4) is 0 Å². The van der Waals surface area contributed by atoms with Gasteiger partial charge in [0.15, 0.2) is 5.78 Å². The van der Waals surface area contributed by atoms with Crippen LogP contribution in [0.15, 0.2) is 54.6 Å². The summed E-state index contributed by atoms with van der Waals surface area (Å²) in [5.74, 6) is 1.50. The first kappa shape index (κ1) is 22.3. The quantitative estimate of drug-likeness (QED) is 0.697. The molecule has 7 heteroatoms. The van der Waals surface area contributed by atoms with Crippen LogP contribution in [0.2, 0.25) is 0 Å². The molecule has 1 fully saturated rings. The van der Waals surface area contributed by atoms with E-state index in [-0.39, 0.29) is 30.1 Å². The lowest BCUT2D eigenvalue weighted by atomic mass is 10.0. The van der Waals surface area contributed by atoms with Crippen molar-refractivity contribution in [3.8, 4) is 5.75 Å². The molecule has 150 valence electrons. The Kier molecular flexibility index (Phi) is 8.83.